The number of carbonyl (C=O) groups is 1. The molecule has 0 spiro atoms. The van der Waals surface area contributed by atoms with E-state index >= 15 is 0 Å². The molecule has 1 aromatic heterocycles. The van der Waals surface area contributed by atoms with E-state index in [2.05, 4.69) is 0 Å². The van der Waals surface area contributed by atoms with E-state index in [0.29, 0.717) is 6.20 Å². The van der Waals surface area contributed by atoms with Crippen molar-refractivity contribution in [2.75, 3.05) is 0 Å². The first-order chi connectivity index (χ1) is 10.1. The van der Waals surface area contributed by atoms with Gasteiger partial charge in [-0.25, -0.2) is 13.6 Å². The average Bonchev–Trinajstić information content (AvgIpc) is 2.39. The summed E-state index contributed by atoms with van der Waals surface area (Å²) in [6.07, 6.45) is -4.57. The number of nitrogens with zero attached hydrogens (tertiary/aromatic N) is 1. The lowest BCUT2D eigenvalue weighted by Crippen LogP contribution is -2.22. The predicted molar refractivity (Wildman–Crippen MR) is 65.8 cm³/mol. The highest BCUT2D eigenvalue weighted by atomic mass is 19.4. The van der Waals surface area contributed by atoms with E-state index in [9.17, 15) is 31.5 Å². The van der Waals surface area contributed by atoms with Crippen LogP contribution in [-0.4, -0.2) is 15.6 Å². The summed E-state index contributed by atoms with van der Waals surface area (Å²) in [6, 6.07) is 0.279. The molecule has 0 aliphatic rings. The van der Waals surface area contributed by atoms with Crippen molar-refractivity contribution in [1.29, 1.82) is 0 Å². The number of aryl methyl sites for hydroxylation is 1. The Morgan fingerprint density at radius 1 is 1.32 bits per heavy atom. The highest BCUT2D eigenvalue weighted by molar-refractivity contribution is 5.93. The van der Waals surface area contributed by atoms with Crippen molar-refractivity contribution in [1.82, 2.24) is 4.57 Å². The van der Waals surface area contributed by atoms with Crippen LogP contribution in [0.25, 0.3) is 10.9 Å². The monoisotopic (exact) mass is 321 g/mol. The number of carboxylic acids is 1. The lowest BCUT2D eigenvalue weighted by atomic mass is 10.0. The lowest BCUT2D eigenvalue weighted by Gasteiger charge is -2.17. The van der Waals surface area contributed by atoms with Crippen LogP contribution in [0.3, 0.4) is 0 Å². The number of benzene rings is 1. The van der Waals surface area contributed by atoms with Crippen LogP contribution in [0.4, 0.5) is 22.0 Å². The maximum Gasteiger partial charge on any atom is 0.421 e. The van der Waals surface area contributed by atoms with Gasteiger partial charge in [0.1, 0.15) is 11.1 Å². The van der Waals surface area contributed by atoms with Crippen LogP contribution >= 0.6 is 0 Å². The summed E-state index contributed by atoms with van der Waals surface area (Å²) in [5, 5.41) is 8.05. The molecule has 0 saturated carbocycles. The first-order valence-corrected chi connectivity index (χ1v) is 5.95. The number of halogens is 5. The molecule has 0 aliphatic carbocycles. The Hall–Kier alpha value is -2.45. The van der Waals surface area contributed by atoms with Gasteiger partial charge in [-0.15, -0.1) is 0 Å². The Morgan fingerprint density at radius 3 is 2.36 bits per heavy atom. The third-order valence-electron chi connectivity index (χ3n) is 3.11. The van der Waals surface area contributed by atoms with Gasteiger partial charge in [0.2, 0.25) is 5.43 Å². The van der Waals surface area contributed by atoms with Gasteiger partial charge in [0.05, 0.1) is 10.9 Å². The summed E-state index contributed by atoms with van der Waals surface area (Å²) < 4.78 is 66.9. The fraction of sp³-hybridized carbons (Fsp3) is 0.231. The molecule has 0 atom stereocenters. The standard InChI is InChI=1S/C13H8F5NO3/c1-2-19-4-6(12(21)22)11(20)5-3-7(14)9(15)8(10(5)19)13(16,17)18/h3-4H,2H2,1H3,(H,21,22). The molecule has 0 bridgehead atoms. The normalized spacial score (nSPS) is 11.9. The maximum atomic E-state index is 13.6. The van der Waals surface area contributed by atoms with Crippen molar-refractivity contribution in [3.63, 3.8) is 0 Å². The van der Waals surface area contributed by atoms with Gasteiger partial charge in [0.25, 0.3) is 0 Å². The van der Waals surface area contributed by atoms with Crippen LogP contribution in [-0.2, 0) is 12.7 Å². The number of rotatable bonds is 2. The molecular formula is C13H8F5NO3. The number of hydrogen-bond acceptors (Lipinski definition) is 2. The fourth-order valence-electron chi connectivity index (χ4n) is 2.17. The van der Waals surface area contributed by atoms with E-state index in [1.807, 2.05) is 0 Å². The van der Waals surface area contributed by atoms with E-state index in [4.69, 9.17) is 5.11 Å². The Kier molecular flexibility index (Phi) is 3.68. The zero-order valence-corrected chi connectivity index (χ0v) is 11.0. The van der Waals surface area contributed by atoms with Crippen LogP contribution in [0.2, 0.25) is 0 Å². The highest BCUT2D eigenvalue weighted by Crippen LogP contribution is 2.37. The molecule has 4 nitrogen and oxygen atoms in total. The quantitative estimate of drug-likeness (QED) is 0.865. The zero-order valence-electron chi connectivity index (χ0n) is 11.0. The summed E-state index contributed by atoms with van der Waals surface area (Å²) in [5.41, 5.74) is -4.95. The van der Waals surface area contributed by atoms with E-state index in [1.165, 1.54) is 6.92 Å². The molecule has 118 valence electrons. The maximum absolute atomic E-state index is 13.6. The molecule has 0 aliphatic heterocycles. The average molecular weight is 321 g/mol. The van der Waals surface area contributed by atoms with Crippen molar-refractivity contribution in [3.8, 4) is 0 Å². The molecule has 0 fully saturated rings. The SMILES string of the molecule is CCn1cc(C(=O)O)c(=O)c2cc(F)c(F)c(C(F)(F)F)c21. The molecule has 22 heavy (non-hydrogen) atoms. The Bertz CT molecular complexity index is 838. The second-order valence-corrected chi connectivity index (χ2v) is 4.40. The van der Waals surface area contributed by atoms with E-state index in [1.54, 1.807) is 0 Å². The third-order valence-corrected chi connectivity index (χ3v) is 3.11. The van der Waals surface area contributed by atoms with Gasteiger partial charge in [-0.2, -0.15) is 13.2 Å². The smallest absolute Gasteiger partial charge is 0.421 e. The van der Waals surface area contributed by atoms with Gasteiger partial charge in [-0.1, -0.05) is 0 Å². The van der Waals surface area contributed by atoms with Crippen molar-refractivity contribution >= 4 is 16.9 Å². The van der Waals surface area contributed by atoms with Crippen LogP contribution in [0.1, 0.15) is 22.8 Å². The molecule has 9 heteroatoms. The largest absolute Gasteiger partial charge is 0.477 e. The van der Waals surface area contributed by atoms with Crippen molar-refractivity contribution in [2.24, 2.45) is 0 Å². The van der Waals surface area contributed by atoms with Gasteiger partial charge in [0.15, 0.2) is 11.6 Å². The number of aromatic carboxylic acids is 1. The Labute approximate surface area is 119 Å². The number of alkyl halides is 3. The molecule has 0 radical (unpaired) electrons. The minimum atomic E-state index is -5.25. The minimum absolute atomic E-state index is 0.175. The summed E-state index contributed by atoms with van der Waals surface area (Å²) in [6.45, 7) is 1.20. The Balaban J connectivity index is 3.16. The first-order valence-electron chi connectivity index (χ1n) is 5.95. The van der Waals surface area contributed by atoms with E-state index in [0.717, 1.165) is 4.57 Å². The molecule has 0 saturated heterocycles. The molecule has 2 aromatic rings. The van der Waals surface area contributed by atoms with Crippen LogP contribution in [0, 0.1) is 11.6 Å². The number of aromatic nitrogens is 1. The van der Waals surface area contributed by atoms with Crippen molar-refractivity contribution in [3.05, 3.63) is 45.2 Å². The summed E-state index contributed by atoms with van der Waals surface area (Å²) in [7, 11) is 0. The van der Waals surface area contributed by atoms with Crippen LogP contribution in [0.5, 0.6) is 0 Å². The number of fused-ring (bicyclic) bond motifs is 1. The summed E-state index contributed by atoms with van der Waals surface area (Å²) in [5.74, 6) is -5.68. The number of carboxylic acid groups (broad SMARTS) is 1. The predicted octanol–water partition coefficient (Wildman–Crippen LogP) is 3.02. The van der Waals surface area contributed by atoms with Crippen molar-refractivity contribution < 1.29 is 31.9 Å². The molecule has 0 amide bonds. The second kappa shape index (κ2) is 5.08. The van der Waals surface area contributed by atoms with E-state index < -0.39 is 51.2 Å². The highest BCUT2D eigenvalue weighted by Gasteiger charge is 2.39. The number of pyridine rings is 1. The van der Waals surface area contributed by atoms with Crippen LogP contribution < -0.4 is 5.43 Å². The van der Waals surface area contributed by atoms with E-state index in [-0.39, 0.29) is 12.6 Å². The summed E-state index contributed by atoms with van der Waals surface area (Å²) in [4.78, 5) is 22.9. The lowest BCUT2D eigenvalue weighted by molar-refractivity contribution is -0.139. The van der Waals surface area contributed by atoms with Gasteiger partial charge >= 0.3 is 12.1 Å². The van der Waals surface area contributed by atoms with Crippen molar-refractivity contribution in [2.45, 2.75) is 19.6 Å². The Morgan fingerprint density at radius 2 is 1.91 bits per heavy atom. The molecule has 1 N–H and O–H groups in total. The molecule has 1 heterocycles. The van der Waals surface area contributed by atoms with Gasteiger partial charge in [-0.3, -0.25) is 4.79 Å². The van der Waals surface area contributed by atoms with Gasteiger partial charge in [0, 0.05) is 12.7 Å². The molecule has 0 unspecified atom stereocenters. The zero-order chi connectivity index (χ0) is 16.8. The summed E-state index contributed by atoms with van der Waals surface area (Å²) >= 11 is 0. The molecule has 2 rings (SSSR count). The van der Waals surface area contributed by atoms with Gasteiger partial charge in [-0.05, 0) is 13.0 Å². The third kappa shape index (κ3) is 2.32. The molecule has 1 aromatic carbocycles. The molecular weight excluding hydrogens is 313 g/mol. The second-order valence-electron chi connectivity index (χ2n) is 4.40. The topological polar surface area (TPSA) is 59.3 Å². The first kappa shape index (κ1) is 15.9. The number of hydrogen-bond donors (Lipinski definition) is 1. The van der Waals surface area contributed by atoms with Gasteiger partial charge < -0.3 is 9.67 Å². The van der Waals surface area contributed by atoms with Crippen LogP contribution in [0.15, 0.2) is 17.1 Å². The minimum Gasteiger partial charge on any atom is -0.477 e. The fourth-order valence-corrected chi connectivity index (χ4v) is 2.17.